The fourth-order valence-corrected chi connectivity index (χ4v) is 5.03. The number of carbonyl (C=O) groups excluding carboxylic acids is 2. The Morgan fingerprint density at radius 3 is 2.63 bits per heavy atom. The van der Waals surface area contributed by atoms with Crippen molar-refractivity contribution >= 4 is 28.2 Å². The fourth-order valence-electron chi connectivity index (χ4n) is 3.72. The van der Waals surface area contributed by atoms with Gasteiger partial charge in [-0.2, -0.15) is 5.10 Å². The summed E-state index contributed by atoms with van der Waals surface area (Å²) in [6.07, 6.45) is 4.48. The summed E-state index contributed by atoms with van der Waals surface area (Å²) < 4.78 is 6.62. The predicted octanol–water partition coefficient (Wildman–Crippen LogP) is 3.98. The number of aromatic nitrogens is 2. The van der Waals surface area contributed by atoms with Gasteiger partial charge in [-0.15, -0.1) is 11.3 Å². The van der Waals surface area contributed by atoms with Crippen molar-refractivity contribution in [3.8, 4) is 0 Å². The molecule has 0 bridgehead atoms. The molecule has 2 aromatic rings. The number of carbonyl (C=O) groups is 2. The Balaban J connectivity index is 1.96. The molecule has 1 aliphatic rings. The quantitative estimate of drug-likeness (QED) is 0.806. The maximum atomic E-state index is 12.7. The normalized spacial score (nSPS) is 16.7. The molecule has 0 radical (unpaired) electrons. The first-order valence-electron chi connectivity index (χ1n) is 9.16. The molecule has 1 aliphatic carbocycles. The number of ether oxygens (including phenoxy) is 1. The summed E-state index contributed by atoms with van der Waals surface area (Å²) in [5, 5.41) is 7.73. The molecular weight excluding hydrogens is 362 g/mol. The van der Waals surface area contributed by atoms with Crippen LogP contribution < -0.4 is 5.32 Å². The number of rotatable bonds is 3. The van der Waals surface area contributed by atoms with E-state index >= 15 is 0 Å². The van der Waals surface area contributed by atoms with Gasteiger partial charge in [0, 0.05) is 18.1 Å². The van der Waals surface area contributed by atoms with E-state index in [1.807, 2.05) is 0 Å². The average Bonchev–Trinajstić information content (AvgIpc) is 3.11. The minimum atomic E-state index is -0.389. The first-order chi connectivity index (χ1) is 12.6. The highest BCUT2D eigenvalue weighted by atomic mass is 32.1. The molecule has 1 atom stereocenters. The minimum absolute atomic E-state index is 0.212. The van der Waals surface area contributed by atoms with Crippen molar-refractivity contribution in [3.63, 3.8) is 0 Å². The lowest BCUT2D eigenvalue weighted by molar-refractivity contribution is 0.0600. The van der Waals surface area contributed by atoms with E-state index in [9.17, 15) is 9.59 Å². The van der Waals surface area contributed by atoms with E-state index in [4.69, 9.17) is 4.74 Å². The van der Waals surface area contributed by atoms with E-state index in [2.05, 4.69) is 31.2 Å². The van der Waals surface area contributed by atoms with Crippen LogP contribution in [0.5, 0.6) is 0 Å². The molecule has 1 amide bonds. The third-order valence-corrected chi connectivity index (χ3v) is 6.53. The van der Waals surface area contributed by atoms with Crippen LogP contribution in [0.2, 0.25) is 0 Å². The number of nitrogens with zero attached hydrogens (tertiary/aromatic N) is 2. The first kappa shape index (κ1) is 19.6. The van der Waals surface area contributed by atoms with Crippen LogP contribution in [0.25, 0.3) is 0 Å². The number of amides is 1. The molecule has 7 heteroatoms. The largest absolute Gasteiger partial charge is 0.465 e. The van der Waals surface area contributed by atoms with E-state index in [0.717, 1.165) is 24.8 Å². The van der Waals surface area contributed by atoms with Crippen LogP contribution >= 0.6 is 11.3 Å². The van der Waals surface area contributed by atoms with Gasteiger partial charge in [0.2, 0.25) is 0 Å². The first-order valence-corrected chi connectivity index (χ1v) is 9.98. The topological polar surface area (TPSA) is 73.2 Å². The number of aryl methyl sites for hydroxylation is 2. The lowest BCUT2D eigenvalue weighted by atomic mass is 9.72. The smallest absolute Gasteiger partial charge is 0.341 e. The Labute approximate surface area is 163 Å². The van der Waals surface area contributed by atoms with Crippen LogP contribution in [0.1, 0.15) is 64.0 Å². The molecule has 0 spiro atoms. The van der Waals surface area contributed by atoms with Gasteiger partial charge in [0.1, 0.15) is 5.00 Å². The Bertz CT molecular complexity index is 889. The van der Waals surface area contributed by atoms with Crippen LogP contribution in [-0.4, -0.2) is 28.8 Å². The van der Waals surface area contributed by atoms with Gasteiger partial charge < -0.3 is 10.1 Å². The van der Waals surface area contributed by atoms with E-state index in [1.165, 1.54) is 23.3 Å². The Morgan fingerprint density at radius 1 is 1.37 bits per heavy atom. The molecule has 146 valence electrons. The Morgan fingerprint density at radius 2 is 2.07 bits per heavy atom. The van der Waals surface area contributed by atoms with Crippen molar-refractivity contribution in [3.05, 3.63) is 33.5 Å². The molecule has 0 saturated heterocycles. The van der Waals surface area contributed by atoms with Crippen LogP contribution in [0.15, 0.2) is 6.20 Å². The summed E-state index contributed by atoms with van der Waals surface area (Å²) in [7, 11) is 3.16. The van der Waals surface area contributed by atoms with Crippen LogP contribution in [0, 0.1) is 18.3 Å². The molecule has 6 nitrogen and oxygen atoms in total. The number of esters is 1. The summed E-state index contributed by atoms with van der Waals surface area (Å²) in [6.45, 7) is 8.56. The molecule has 1 N–H and O–H groups in total. The van der Waals surface area contributed by atoms with E-state index in [1.54, 1.807) is 24.9 Å². The lowest BCUT2D eigenvalue weighted by Crippen LogP contribution is -2.26. The molecule has 27 heavy (non-hydrogen) atoms. The second kappa shape index (κ2) is 7.11. The second-order valence-electron chi connectivity index (χ2n) is 8.26. The van der Waals surface area contributed by atoms with E-state index in [0.29, 0.717) is 27.7 Å². The summed E-state index contributed by atoms with van der Waals surface area (Å²) in [4.78, 5) is 26.4. The Hall–Kier alpha value is -2.15. The van der Waals surface area contributed by atoms with Crippen molar-refractivity contribution < 1.29 is 14.3 Å². The molecular formula is C20H27N3O3S. The SMILES string of the molecule is COC(=O)c1c(NC(=O)c2cn(C)nc2C)sc2c1CCC(C(C)(C)C)C2. The third kappa shape index (κ3) is 3.78. The molecule has 0 saturated carbocycles. The lowest BCUT2D eigenvalue weighted by Gasteiger charge is -2.33. The predicted molar refractivity (Wildman–Crippen MR) is 107 cm³/mol. The molecule has 0 aromatic carbocycles. The summed E-state index contributed by atoms with van der Waals surface area (Å²) >= 11 is 1.50. The number of hydrogen-bond acceptors (Lipinski definition) is 5. The summed E-state index contributed by atoms with van der Waals surface area (Å²) in [5.41, 5.74) is 2.92. The second-order valence-corrected chi connectivity index (χ2v) is 9.37. The van der Waals surface area contributed by atoms with Crippen molar-refractivity contribution in [2.24, 2.45) is 18.4 Å². The molecule has 0 aliphatic heterocycles. The highest BCUT2D eigenvalue weighted by molar-refractivity contribution is 7.17. The highest BCUT2D eigenvalue weighted by Crippen LogP contribution is 2.44. The number of anilines is 1. The molecule has 3 rings (SSSR count). The zero-order valence-electron chi connectivity index (χ0n) is 16.8. The number of hydrogen-bond donors (Lipinski definition) is 1. The monoisotopic (exact) mass is 389 g/mol. The molecule has 2 heterocycles. The van der Waals surface area contributed by atoms with Gasteiger partial charge in [-0.3, -0.25) is 9.48 Å². The maximum Gasteiger partial charge on any atom is 0.341 e. The zero-order valence-corrected chi connectivity index (χ0v) is 17.6. The third-order valence-electron chi connectivity index (χ3n) is 5.36. The molecule has 0 fully saturated rings. The van der Waals surface area contributed by atoms with Gasteiger partial charge in [-0.05, 0) is 43.1 Å². The molecule has 2 aromatic heterocycles. The standard InChI is InChI=1S/C20H27N3O3S/c1-11-14(10-23(5)22-11)17(24)21-18-16(19(25)26-6)13-8-7-12(20(2,3)4)9-15(13)27-18/h10,12H,7-9H2,1-6H3,(H,21,24). The Kier molecular flexibility index (Phi) is 5.16. The number of fused-ring (bicyclic) bond motifs is 1. The summed E-state index contributed by atoms with van der Waals surface area (Å²) in [6, 6.07) is 0. The van der Waals surface area contributed by atoms with Crippen LogP contribution in [0.3, 0.4) is 0 Å². The van der Waals surface area contributed by atoms with Gasteiger partial charge in [-0.25, -0.2) is 4.79 Å². The van der Waals surface area contributed by atoms with Gasteiger partial charge in [0.25, 0.3) is 5.91 Å². The summed E-state index contributed by atoms with van der Waals surface area (Å²) in [5.74, 6) is -0.0881. The number of nitrogens with one attached hydrogen (secondary N) is 1. The van der Waals surface area contributed by atoms with Crippen molar-refractivity contribution in [1.82, 2.24) is 9.78 Å². The minimum Gasteiger partial charge on any atom is -0.465 e. The fraction of sp³-hybridized carbons (Fsp3) is 0.550. The maximum absolute atomic E-state index is 12.7. The van der Waals surface area contributed by atoms with Crippen LogP contribution in [-0.2, 0) is 24.6 Å². The van der Waals surface area contributed by atoms with Gasteiger partial charge in [0.05, 0.1) is 23.9 Å². The number of methoxy groups -OCH3 is 1. The van der Waals surface area contributed by atoms with E-state index < -0.39 is 0 Å². The zero-order chi connectivity index (χ0) is 19.9. The van der Waals surface area contributed by atoms with Crippen molar-refractivity contribution in [2.75, 3.05) is 12.4 Å². The average molecular weight is 390 g/mol. The van der Waals surface area contributed by atoms with E-state index in [-0.39, 0.29) is 17.3 Å². The van der Waals surface area contributed by atoms with Crippen molar-refractivity contribution in [1.29, 1.82) is 0 Å². The van der Waals surface area contributed by atoms with Crippen LogP contribution in [0.4, 0.5) is 5.00 Å². The van der Waals surface area contributed by atoms with Crippen molar-refractivity contribution in [2.45, 2.75) is 47.0 Å². The highest BCUT2D eigenvalue weighted by Gasteiger charge is 2.34. The van der Waals surface area contributed by atoms with Gasteiger partial charge in [0.15, 0.2) is 0 Å². The van der Waals surface area contributed by atoms with Gasteiger partial charge >= 0.3 is 5.97 Å². The number of thiophene rings is 1. The molecule has 1 unspecified atom stereocenters. The van der Waals surface area contributed by atoms with Gasteiger partial charge in [-0.1, -0.05) is 20.8 Å².